The Balaban J connectivity index is 2.01. The van der Waals surface area contributed by atoms with Crippen LogP contribution in [0.4, 0.5) is 5.69 Å². The molecule has 3 nitrogen and oxygen atoms in total. The first-order valence-corrected chi connectivity index (χ1v) is 6.05. The summed E-state index contributed by atoms with van der Waals surface area (Å²) in [7, 11) is 0. The van der Waals surface area contributed by atoms with E-state index in [4.69, 9.17) is 11.6 Å². The van der Waals surface area contributed by atoms with E-state index in [-0.39, 0.29) is 11.5 Å². The van der Waals surface area contributed by atoms with Crippen LogP contribution in [0.3, 0.4) is 0 Å². The molecule has 0 aliphatic carbocycles. The number of para-hydroxylation sites is 2. The summed E-state index contributed by atoms with van der Waals surface area (Å²) in [6.07, 6.45) is 2.89. The Labute approximate surface area is 116 Å². The zero-order valence-electron chi connectivity index (χ0n) is 10.0. The van der Waals surface area contributed by atoms with E-state index in [9.17, 15) is 9.90 Å². The number of rotatable bonds is 4. The number of allylic oxidation sites excluding steroid dienone is 1. The molecule has 4 heteroatoms. The average Bonchev–Trinajstić information content (AvgIpc) is 2.41. The molecule has 0 atom stereocenters. The van der Waals surface area contributed by atoms with Gasteiger partial charge < -0.3 is 10.4 Å². The predicted octanol–water partition coefficient (Wildman–Crippen LogP) is 3.85. The number of hydrogen-bond acceptors (Lipinski definition) is 3. The van der Waals surface area contributed by atoms with Crippen molar-refractivity contribution in [2.24, 2.45) is 0 Å². The van der Waals surface area contributed by atoms with Crippen molar-refractivity contribution in [3.05, 3.63) is 71.4 Å². The Morgan fingerprint density at radius 2 is 1.79 bits per heavy atom. The molecule has 0 spiro atoms. The Kier molecular flexibility index (Phi) is 4.21. The van der Waals surface area contributed by atoms with Crippen molar-refractivity contribution in [2.45, 2.75) is 0 Å². The molecule has 0 aliphatic rings. The number of phenols is 1. The quantitative estimate of drug-likeness (QED) is 0.505. The normalized spacial score (nSPS) is 10.6. The second kappa shape index (κ2) is 6.07. The standard InChI is InChI=1S/C15H12ClNO2/c16-12-7-5-11(6-8-12)14(18)9-10-17-13-3-1-2-4-15(13)19/h1-10,17,19H. The van der Waals surface area contributed by atoms with Gasteiger partial charge in [-0.25, -0.2) is 0 Å². The van der Waals surface area contributed by atoms with E-state index in [1.807, 2.05) is 0 Å². The first-order chi connectivity index (χ1) is 9.16. The second-order valence-electron chi connectivity index (χ2n) is 3.87. The minimum absolute atomic E-state index is 0.131. The second-order valence-corrected chi connectivity index (χ2v) is 4.30. The molecule has 2 N–H and O–H groups in total. The molecule has 0 aromatic heterocycles. The molecule has 2 aromatic carbocycles. The fourth-order valence-electron chi connectivity index (χ4n) is 1.51. The van der Waals surface area contributed by atoms with E-state index in [2.05, 4.69) is 5.32 Å². The molecule has 0 heterocycles. The monoisotopic (exact) mass is 273 g/mol. The van der Waals surface area contributed by atoms with Gasteiger partial charge in [0.2, 0.25) is 0 Å². The molecule has 96 valence electrons. The summed E-state index contributed by atoms with van der Waals surface area (Å²) in [5.41, 5.74) is 1.10. The van der Waals surface area contributed by atoms with Gasteiger partial charge in [0.15, 0.2) is 5.78 Å². The number of anilines is 1. The third-order valence-corrected chi connectivity index (χ3v) is 2.76. The van der Waals surface area contributed by atoms with Gasteiger partial charge in [0.25, 0.3) is 0 Å². The molecule has 2 rings (SSSR count). The zero-order chi connectivity index (χ0) is 13.7. The van der Waals surface area contributed by atoms with Crippen LogP contribution in [0.5, 0.6) is 5.75 Å². The maximum atomic E-state index is 11.8. The van der Waals surface area contributed by atoms with Crippen molar-refractivity contribution in [2.75, 3.05) is 5.32 Å². The Morgan fingerprint density at radius 1 is 1.11 bits per heavy atom. The molecule has 0 fully saturated rings. The Morgan fingerprint density at radius 3 is 2.47 bits per heavy atom. The van der Waals surface area contributed by atoms with Crippen LogP contribution in [-0.2, 0) is 0 Å². The third kappa shape index (κ3) is 3.60. The lowest BCUT2D eigenvalue weighted by atomic mass is 10.1. The predicted molar refractivity (Wildman–Crippen MR) is 76.7 cm³/mol. The molecule has 2 aromatic rings. The molecule has 0 saturated heterocycles. The highest BCUT2D eigenvalue weighted by Crippen LogP contribution is 2.21. The van der Waals surface area contributed by atoms with Crippen LogP contribution in [0.25, 0.3) is 0 Å². The largest absolute Gasteiger partial charge is 0.506 e. The lowest BCUT2D eigenvalue weighted by Gasteiger charge is -2.02. The number of halogens is 1. The number of carbonyl (C=O) groups is 1. The summed E-state index contributed by atoms with van der Waals surface area (Å²) in [6, 6.07) is 13.5. The molecular weight excluding hydrogens is 262 g/mol. The van der Waals surface area contributed by atoms with Crippen LogP contribution in [0.15, 0.2) is 60.8 Å². The van der Waals surface area contributed by atoms with Crippen molar-refractivity contribution in [1.82, 2.24) is 0 Å². The fraction of sp³-hybridized carbons (Fsp3) is 0. The molecule has 0 unspecified atom stereocenters. The number of ketones is 1. The van der Waals surface area contributed by atoms with Crippen LogP contribution in [0.2, 0.25) is 5.02 Å². The molecule has 0 aliphatic heterocycles. The molecule has 0 saturated carbocycles. The third-order valence-electron chi connectivity index (χ3n) is 2.51. The molecule has 19 heavy (non-hydrogen) atoms. The average molecular weight is 274 g/mol. The maximum absolute atomic E-state index is 11.8. The van der Waals surface area contributed by atoms with E-state index in [1.54, 1.807) is 48.5 Å². The summed E-state index contributed by atoms with van der Waals surface area (Å²) in [6.45, 7) is 0. The van der Waals surface area contributed by atoms with Gasteiger partial charge in [-0.2, -0.15) is 0 Å². The highest BCUT2D eigenvalue weighted by atomic mass is 35.5. The van der Waals surface area contributed by atoms with Gasteiger partial charge in [0.05, 0.1) is 5.69 Å². The summed E-state index contributed by atoms with van der Waals surface area (Å²) in [5.74, 6) is -0.00863. The lowest BCUT2D eigenvalue weighted by Crippen LogP contribution is -1.96. The van der Waals surface area contributed by atoms with Crippen molar-refractivity contribution in [1.29, 1.82) is 0 Å². The number of benzene rings is 2. The highest BCUT2D eigenvalue weighted by Gasteiger charge is 2.01. The van der Waals surface area contributed by atoms with E-state index in [0.717, 1.165) is 0 Å². The van der Waals surface area contributed by atoms with Crippen LogP contribution in [0, 0.1) is 0 Å². The molecule has 0 bridgehead atoms. The summed E-state index contributed by atoms with van der Waals surface area (Å²) >= 11 is 5.75. The van der Waals surface area contributed by atoms with Gasteiger partial charge in [-0.15, -0.1) is 0 Å². The summed E-state index contributed by atoms with van der Waals surface area (Å²) in [5, 5.41) is 13.0. The van der Waals surface area contributed by atoms with E-state index >= 15 is 0 Å². The first-order valence-electron chi connectivity index (χ1n) is 5.68. The van der Waals surface area contributed by atoms with Crippen molar-refractivity contribution in [3.8, 4) is 5.75 Å². The van der Waals surface area contributed by atoms with Gasteiger partial charge in [0.1, 0.15) is 5.75 Å². The molecule has 0 amide bonds. The number of nitrogens with one attached hydrogen (secondary N) is 1. The van der Waals surface area contributed by atoms with Gasteiger partial charge in [0, 0.05) is 22.9 Å². The van der Waals surface area contributed by atoms with Crippen molar-refractivity contribution in [3.63, 3.8) is 0 Å². The minimum Gasteiger partial charge on any atom is -0.506 e. The van der Waals surface area contributed by atoms with Gasteiger partial charge in [-0.05, 0) is 36.4 Å². The zero-order valence-corrected chi connectivity index (χ0v) is 10.8. The fourth-order valence-corrected chi connectivity index (χ4v) is 1.64. The molecule has 0 radical (unpaired) electrons. The maximum Gasteiger partial charge on any atom is 0.187 e. The van der Waals surface area contributed by atoms with Gasteiger partial charge in [-0.3, -0.25) is 4.79 Å². The van der Waals surface area contributed by atoms with Gasteiger partial charge in [-0.1, -0.05) is 23.7 Å². The SMILES string of the molecule is O=C(C=CNc1ccccc1O)c1ccc(Cl)cc1. The number of aromatic hydroxyl groups is 1. The van der Waals surface area contributed by atoms with Crippen molar-refractivity contribution >= 4 is 23.1 Å². The highest BCUT2D eigenvalue weighted by molar-refractivity contribution is 6.30. The number of carbonyl (C=O) groups excluding carboxylic acids is 1. The van der Waals surface area contributed by atoms with Crippen LogP contribution >= 0.6 is 11.6 Å². The van der Waals surface area contributed by atoms with E-state index in [1.165, 1.54) is 12.3 Å². The van der Waals surface area contributed by atoms with E-state index in [0.29, 0.717) is 16.3 Å². The number of phenolic OH excluding ortho intramolecular Hbond substituents is 1. The van der Waals surface area contributed by atoms with E-state index < -0.39 is 0 Å². The van der Waals surface area contributed by atoms with Crippen LogP contribution in [-0.4, -0.2) is 10.9 Å². The Bertz CT molecular complexity index is 606. The topological polar surface area (TPSA) is 49.3 Å². The Hall–Kier alpha value is -2.26. The summed E-state index contributed by atoms with van der Waals surface area (Å²) < 4.78 is 0. The van der Waals surface area contributed by atoms with Crippen LogP contribution in [0.1, 0.15) is 10.4 Å². The lowest BCUT2D eigenvalue weighted by molar-refractivity contribution is 0.104. The molecular formula is C15H12ClNO2. The van der Waals surface area contributed by atoms with Crippen LogP contribution < -0.4 is 5.32 Å². The number of hydrogen-bond donors (Lipinski definition) is 2. The smallest absolute Gasteiger partial charge is 0.187 e. The van der Waals surface area contributed by atoms with Gasteiger partial charge >= 0.3 is 0 Å². The minimum atomic E-state index is -0.139. The first kappa shape index (κ1) is 13.2. The van der Waals surface area contributed by atoms with Crippen molar-refractivity contribution < 1.29 is 9.90 Å². The summed E-state index contributed by atoms with van der Waals surface area (Å²) in [4.78, 5) is 11.8.